The monoisotopic (exact) mass is 968 g/mol. The molecule has 0 spiro atoms. The molecule has 0 unspecified atom stereocenters. The normalized spacial score (nSPS) is 8.37. The first-order valence-electron chi connectivity index (χ1n) is 19.1. The molecule has 65 heavy (non-hydrogen) atoms. The summed E-state index contributed by atoms with van der Waals surface area (Å²) < 4.78 is 10.0. The molecule has 1 aromatic carbocycles. The number of thiazole rings is 2. The maximum atomic E-state index is 5.08. The van der Waals surface area contributed by atoms with Crippen LogP contribution in [0.2, 0.25) is 0 Å². The highest BCUT2D eigenvalue weighted by atomic mass is 32.1. The molecule has 0 saturated carbocycles. The Kier molecular flexibility index (Phi) is 48.7. The van der Waals surface area contributed by atoms with E-state index in [1.807, 2.05) is 110 Å². The predicted molar refractivity (Wildman–Crippen MR) is 304 cm³/mol. The summed E-state index contributed by atoms with van der Waals surface area (Å²) in [4.78, 5) is 17.7. The molecule has 0 saturated heterocycles. The van der Waals surface area contributed by atoms with Gasteiger partial charge in [-0.1, -0.05) is 93.4 Å². The summed E-state index contributed by atoms with van der Waals surface area (Å²) >= 11 is 7.07. The Morgan fingerprint density at radius 1 is 0.385 bits per heavy atom. The van der Waals surface area contributed by atoms with Gasteiger partial charge >= 0.3 is 0 Å². The van der Waals surface area contributed by atoms with Crippen molar-refractivity contribution in [2.75, 3.05) is 0 Å². The van der Waals surface area contributed by atoms with Crippen molar-refractivity contribution < 1.29 is 8.83 Å². The van der Waals surface area contributed by atoms with Crippen molar-refractivity contribution in [1.29, 1.82) is 0 Å². The van der Waals surface area contributed by atoms with E-state index in [1.165, 1.54) is 47.3 Å². The molecule has 8 aromatic rings. The minimum Gasteiger partial charge on any atom is -0.469 e. The minimum absolute atomic E-state index is 0. The number of thiophene rings is 2. The number of aryl methyl sites for hydroxylation is 16. The lowest BCUT2D eigenvalue weighted by atomic mass is 10.2. The van der Waals surface area contributed by atoms with E-state index in [2.05, 4.69) is 123 Å². The summed E-state index contributed by atoms with van der Waals surface area (Å²) in [6.07, 6.45) is 5.50. The van der Waals surface area contributed by atoms with Crippen molar-refractivity contribution in [2.45, 2.75) is 163 Å². The Labute approximate surface area is 417 Å². The summed E-state index contributed by atoms with van der Waals surface area (Å²) in [6.45, 7) is 32.6. The number of hydrogen-bond donors (Lipinski definition) is 0. The number of hydrogen-bond acceptors (Lipinski definition) is 9. The van der Waals surface area contributed by atoms with Crippen LogP contribution in [0.1, 0.15) is 138 Å². The van der Waals surface area contributed by atoms with Gasteiger partial charge in [0.1, 0.15) is 17.3 Å². The van der Waals surface area contributed by atoms with Crippen LogP contribution in [0.5, 0.6) is 0 Å². The van der Waals surface area contributed by atoms with E-state index in [4.69, 9.17) is 8.83 Å². The van der Waals surface area contributed by atoms with E-state index in [-0.39, 0.29) is 52.0 Å². The summed E-state index contributed by atoms with van der Waals surface area (Å²) in [7, 11) is 0. The summed E-state index contributed by atoms with van der Waals surface area (Å²) in [5.41, 5.74) is 8.67. The van der Waals surface area contributed by atoms with Gasteiger partial charge in [-0.05, 0) is 175 Å². The second-order valence-corrected chi connectivity index (χ2v) is 19.0. The number of nitrogens with zero attached hydrogens (tertiary/aromatic N) is 3. The van der Waals surface area contributed by atoms with Gasteiger partial charge in [-0.2, -0.15) is 0 Å². The highest BCUT2D eigenvalue weighted by molar-refractivity contribution is 7.12. The fourth-order valence-corrected chi connectivity index (χ4v) is 7.29. The molecule has 0 aliphatic heterocycles. The highest BCUT2D eigenvalue weighted by Crippen LogP contribution is 2.12. The molecule has 7 aromatic heterocycles. The van der Waals surface area contributed by atoms with Gasteiger partial charge in [-0.15, -0.1) is 45.3 Å². The molecule has 368 valence electrons. The van der Waals surface area contributed by atoms with Gasteiger partial charge in [-0.3, -0.25) is 4.98 Å². The first-order valence-corrected chi connectivity index (χ1v) is 22.5. The first-order chi connectivity index (χ1) is 27.3. The molecule has 0 atom stereocenters. The maximum absolute atomic E-state index is 5.08. The quantitative estimate of drug-likeness (QED) is 0.151. The molecule has 0 amide bonds. The highest BCUT2D eigenvalue weighted by Gasteiger charge is 1.89. The van der Waals surface area contributed by atoms with Gasteiger partial charge in [-0.25, -0.2) is 9.97 Å². The standard InChI is InChI=1S/C8H10.C7H9N.2C6H8O.2C6H8S.2C5H7NS.7CH4/c1-7-4-3-5-8(2)6-7;1-6-3-4-7(2)8-5-6;1-5-3-6(2)7-4-5;1-5-3-4-6(2)7-5;1-5-3-6(2)7-4-5;1-5-3-4-6(2)7-5;1-4-3-7-5(2)6-4;1-4-3-6-5(2)7-4;;;;;;;/h3-6H,1-2H3;3-5H,1-2H3;4*3-4H,1-2H3;2*3H,1-2H3;7*1H4. The molecule has 0 bridgehead atoms. The van der Waals surface area contributed by atoms with Crippen molar-refractivity contribution in [3.05, 3.63) is 188 Å². The summed E-state index contributed by atoms with van der Waals surface area (Å²) in [5, 5.41) is 6.51. The summed E-state index contributed by atoms with van der Waals surface area (Å²) in [5.74, 6) is 2.95. The van der Waals surface area contributed by atoms with Crippen molar-refractivity contribution >= 4 is 45.3 Å². The number of pyridine rings is 1. The molecular formula is C56H93N3O2S4. The molecule has 0 aliphatic rings. The third kappa shape index (κ3) is 40.8. The Morgan fingerprint density at radius 3 is 1.11 bits per heavy atom. The predicted octanol–water partition coefficient (Wildman–Crippen LogP) is 20.5. The molecule has 5 nitrogen and oxygen atoms in total. The van der Waals surface area contributed by atoms with Crippen LogP contribution in [0, 0.1) is 111 Å². The average Bonchev–Trinajstić information content (AvgIpc) is 4.03. The van der Waals surface area contributed by atoms with E-state index in [9.17, 15) is 0 Å². The van der Waals surface area contributed by atoms with Gasteiger partial charge < -0.3 is 8.83 Å². The van der Waals surface area contributed by atoms with Crippen LogP contribution >= 0.6 is 45.3 Å². The Hall–Kier alpha value is -4.41. The van der Waals surface area contributed by atoms with Crippen LogP contribution in [0.4, 0.5) is 0 Å². The first kappa shape index (κ1) is 74.9. The van der Waals surface area contributed by atoms with Crippen LogP contribution in [0.25, 0.3) is 0 Å². The van der Waals surface area contributed by atoms with E-state index >= 15 is 0 Å². The molecule has 0 aliphatic carbocycles. The van der Waals surface area contributed by atoms with Crippen molar-refractivity contribution in [3.8, 4) is 0 Å². The molecular weight excluding hydrogens is 875 g/mol. The van der Waals surface area contributed by atoms with E-state index in [1.54, 1.807) is 40.3 Å². The Balaban J connectivity index is -0.000000117. The molecule has 0 radical (unpaired) electrons. The largest absolute Gasteiger partial charge is 0.469 e. The third-order valence-electron chi connectivity index (χ3n) is 7.18. The second kappa shape index (κ2) is 42.2. The lowest BCUT2D eigenvalue weighted by Crippen LogP contribution is -1.78. The van der Waals surface area contributed by atoms with Crippen LogP contribution in [-0.4, -0.2) is 15.0 Å². The van der Waals surface area contributed by atoms with E-state index in [0.29, 0.717) is 0 Å². The van der Waals surface area contributed by atoms with Crippen LogP contribution < -0.4 is 0 Å². The lowest BCUT2D eigenvalue weighted by molar-refractivity contribution is 0.504. The molecule has 7 heterocycles. The minimum atomic E-state index is 0. The van der Waals surface area contributed by atoms with Crippen LogP contribution in [0.3, 0.4) is 0 Å². The van der Waals surface area contributed by atoms with E-state index < -0.39 is 0 Å². The SMILES string of the molecule is C.C.C.C.C.C.C.Cc1ccc(C)nc1.Cc1ccc(C)o1.Cc1ccc(C)s1.Cc1cccc(C)c1.Cc1cnc(C)s1.Cc1coc(C)c1.Cc1csc(C)c1.Cc1csc(C)n1. The summed E-state index contributed by atoms with van der Waals surface area (Å²) in [6, 6.07) is 24.9. The number of aromatic nitrogens is 3. The van der Waals surface area contributed by atoms with Crippen molar-refractivity contribution in [1.82, 2.24) is 15.0 Å². The fourth-order valence-electron chi connectivity index (χ4n) is 4.55. The van der Waals surface area contributed by atoms with Crippen LogP contribution in [0.15, 0.2) is 111 Å². The zero-order chi connectivity index (χ0) is 43.6. The second-order valence-electron chi connectivity index (χ2n) is 13.9. The maximum Gasteiger partial charge on any atom is 0.101 e. The van der Waals surface area contributed by atoms with Gasteiger partial charge in [0.25, 0.3) is 0 Å². The number of benzene rings is 1. The van der Waals surface area contributed by atoms with Gasteiger partial charge in [0, 0.05) is 48.7 Å². The van der Waals surface area contributed by atoms with E-state index in [0.717, 1.165) is 38.7 Å². The topological polar surface area (TPSA) is 65.0 Å². The molecule has 0 N–H and O–H groups in total. The van der Waals surface area contributed by atoms with Crippen LogP contribution in [-0.2, 0) is 0 Å². The average molecular weight is 969 g/mol. The number of furan rings is 2. The van der Waals surface area contributed by atoms with Gasteiger partial charge in [0.15, 0.2) is 0 Å². The Morgan fingerprint density at radius 2 is 0.938 bits per heavy atom. The molecule has 8 rings (SSSR count). The zero-order valence-corrected chi connectivity index (χ0v) is 40.9. The fraction of sp³-hybridized carbons (Fsp3) is 0.411. The molecule has 9 heteroatoms. The van der Waals surface area contributed by atoms with Crippen molar-refractivity contribution in [3.63, 3.8) is 0 Å². The smallest absolute Gasteiger partial charge is 0.101 e. The third-order valence-corrected chi connectivity index (χ3v) is 10.8. The number of rotatable bonds is 0. The van der Waals surface area contributed by atoms with Crippen molar-refractivity contribution in [2.24, 2.45) is 0 Å². The van der Waals surface area contributed by atoms with Gasteiger partial charge in [0.2, 0.25) is 0 Å². The lowest BCUT2D eigenvalue weighted by Gasteiger charge is -1.90. The molecule has 0 fully saturated rings. The zero-order valence-electron chi connectivity index (χ0n) is 37.6. The van der Waals surface area contributed by atoms with Gasteiger partial charge in [0.05, 0.1) is 16.3 Å². The Bertz CT molecular complexity index is 1800.